The van der Waals surface area contributed by atoms with Crippen molar-refractivity contribution in [2.75, 3.05) is 32.7 Å². The molecule has 0 aliphatic carbocycles. The zero-order valence-corrected chi connectivity index (χ0v) is 15.5. The Bertz CT molecular complexity index is 636. The van der Waals surface area contributed by atoms with E-state index < -0.39 is 5.92 Å². The Morgan fingerprint density at radius 2 is 1.67 bits per heavy atom. The number of amides is 2. The number of nitrogens with zero attached hydrogens (tertiary/aromatic N) is 2. The molecule has 1 aromatic carbocycles. The van der Waals surface area contributed by atoms with Gasteiger partial charge >= 0.3 is 0 Å². The van der Waals surface area contributed by atoms with Gasteiger partial charge in [0.15, 0.2) is 0 Å². The fourth-order valence-electron chi connectivity index (χ4n) is 3.71. The van der Waals surface area contributed by atoms with Crippen LogP contribution >= 0.6 is 0 Å². The van der Waals surface area contributed by atoms with Crippen molar-refractivity contribution in [3.05, 3.63) is 35.9 Å². The Kier molecular flexibility index (Phi) is 6.42. The van der Waals surface area contributed by atoms with Crippen LogP contribution in [0.2, 0.25) is 0 Å². The number of rotatable bonds is 5. The number of piperidine rings is 2. The minimum Gasteiger partial charge on any atom is -0.351 e. The van der Waals surface area contributed by atoms with Gasteiger partial charge in [-0.2, -0.15) is 0 Å². The van der Waals surface area contributed by atoms with Crippen LogP contribution < -0.4 is 5.32 Å². The zero-order valence-electron chi connectivity index (χ0n) is 15.5. The van der Waals surface area contributed by atoms with Gasteiger partial charge in [0.05, 0.1) is 6.54 Å². The maximum Gasteiger partial charge on any atom is 0.251 e. The summed E-state index contributed by atoms with van der Waals surface area (Å²) in [4.78, 5) is 28.3. The lowest BCUT2D eigenvalue weighted by Crippen LogP contribution is -2.48. The molecule has 27 heavy (non-hydrogen) atoms. The maximum atomic E-state index is 13.2. The number of nitrogens with one attached hydrogen (secondary N) is 1. The van der Waals surface area contributed by atoms with Gasteiger partial charge in [-0.25, -0.2) is 8.78 Å². The van der Waals surface area contributed by atoms with Crippen LogP contribution in [0.4, 0.5) is 8.78 Å². The van der Waals surface area contributed by atoms with Gasteiger partial charge in [0.1, 0.15) is 0 Å². The molecule has 7 heteroatoms. The lowest BCUT2D eigenvalue weighted by Gasteiger charge is -2.37. The third-order valence-corrected chi connectivity index (χ3v) is 5.44. The summed E-state index contributed by atoms with van der Waals surface area (Å²) >= 11 is 0. The molecule has 2 amide bonds. The second-order valence-electron chi connectivity index (χ2n) is 7.49. The molecule has 5 nitrogen and oxygen atoms in total. The molecule has 2 saturated heterocycles. The predicted octanol–water partition coefficient (Wildman–Crippen LogP) is 2.27. The van der Waals surface area contributed by atoms with E-state index in [2.05, 4.69) is 10.2 Å². The van der Waals surface area contributed by atoms with E-state index >= 15 is 0 Å². The Morgan fingerprint density at radius 3 is 2.30 bits per heavy atom. The van der Waals surface area contributed by atoms with Gasteiger partial charge in [-0.3, -0.25) is 14.5 Å². The molecule has 2 fully saturated rings. The second-order valence-corrected chi connectivity index (χ2v) is 7.49. The fraction of sp³-hybridized carbons (Fsp3) is 0.600. The Hall–Kier alpha value is -2.02. The quantitative estimate of drug-likeness (QED) is 0.854. The Morgan fingerprint density at radius 1 is 1.04 bits per heavy atom. The first-order chi connectivity index (χ1) is 12.9. The van der Waals surface area contributed by atoms with Crippen molar-refractivity contribution >= 4 is 11.8 Å². The van der Waals surface area contributed by atoms with Crippen molar-refractivity contribution in [2.24, 2.45) is 5.92 Å². The highest BCUT2D eigenvalue weighted by molar-refractivity contribution is 5.79. The number of halogens is 2. The predicted molar refractivity (Wildman–Crippen MR) is 98.2 cm³/mol. The molecular formula is C20H27F2N3O2. The second kappa shape index (κ2) is 8.78. The number of hydrogen-bond donors (Lipinski definition) is 1. The Labute approximate surface area is 158 Å². The fourth-order valence-corrected chi connectivity index (χ4v) is 3.71. The van der Waals surface area contributed by atoms with Crippen molar-refractivity contribution in [3.63, 3.8) is 0 Å². The molecule has 0 saturated carbocycles. The van der Waals surface area contributed by atoms with Crippen LogP contribution in [0.3, 0.4) is 0 Å². The van der Waals surface area contributed by atoms with Crippen LogP contribution in [0, 0.1) is 5.92 Å². The standard InChI is InChI=1S/C20H27F2N3O2/c21-20(22)8-12-25(13-9-20)19(27)17-6-10-24(11-7-17)15-18(26)23-14-16-4-2-1-3-5-16/h1-5,17H,6-15H2,(H,23,26). The molecule has 0 spiro atoms. The minimum atomic E-state index is -2.63. The van der Waals surface area contributed by atoms with E-state index in [1.807, 2.05) is 30.3 Å². The van der Waals surface area contributed by atoms with Crippen LogP contribution in [0.15, 0.2) is 30.3 Å². The van der Waals surface area contributed by atoms with Crippen LogP contribution in [-0.2, 0) is 16.1 Å². The van der Waals surface area contributed by atoms with Crippen molar-refractivity contribution < 1.29 is 18.4 Å². The minimum absolute atomic E-state index is 0.00122. The molecular weight excluding hydrogens is 352 g/mol. The van der Waals surface area contributed by atoms with E-state index in [1.54, 1.807) is 4.90 Å². The van der Waals surface area contributed by atoms with Gasteiger partial charge in [0.25, 0.3) is 5.92 Å². The molecule has 1 aromatic rings. The number of carbonyl (C=O) groups is 2. The highest BCUT2D eigenvalue weighted by atomic mass is 19.3. The van der Waals surface area contributed by atoms with Crippen LogP contribution in [-0.4, -0.2) is 60.3 Å². The molecule has 2 heterocycles. The smallest absolute Gasteiger partial charge is 0.251 e. The van der Waals surface area contributed by atoms with E-state index in [-0.39, 0.29) is 43.7 Å². The van der Waals surface area contributed by atoms with Crippen LogP contribution in [0.1, 0.15) is 31.2 Å². The van der Waals surface area contributed by atoms with Gasteiger partial charge in [0.2, 0.25) is 11.8 Å². The molecule has 3 rings (SSSR count). The zero-order chi connectivity index (χ0) is 19.3. The lowest BCUT2D eigenvalue weighted by atomic mass is 9.94. The van der Waals surface area contributed by atoms with Crippen molar-refractivity contribution in [3.8, 4) is 0 Å². The summed E-state index contributed by atoms with van der Waals surface area (Å²) in [5, 5.41) is 2.91. The lowest BCUT2D eigenvalue weighted by molar-refractivity contribution is -0.143. The van der Waals surface area contributed by atoms with Gasteiger partial charge < -0.3 is 10.2 Å². The number of carbonyl (C=O) groups excluding carboxylic acids is 2. The maximum absolute atomic E-state index is 13.2. The summed E-state index contributed by atoms with van der Waals surface area (Å²) in [5.41, 5.74) is 1.06. The molecule has 1 N–H and O–H groups in total. The highest BCUT2D eigenvalue weighted by Gasteiger charge is 2.37. The molecule has 0 unspecified atom stereocenters. The summed E-state index contributed by atoms with van der Waals surface area (Å²) in [6.45, 7) is 2.48. The van der Waals surface area contributed by atoms with E-state index in [1.165, 1.54) is 0 Å². The first-order valence-corrected chi connectivity index (χ1v) is 9.62. The van der Waals surface area contributed by atoms with Crippen LogP contribution in [0.5, 0.6) is 0 Å². The average Bonchev–Trinajstić information content (AvgIpc) is 2.67. The van der Waals surface area contributed by atoms with E-state index in [9.17, 15) is 18.4 Å². The molecule has 0 atom stereocenters. The first-order valence-electron chi connectivity index (χ1n) is 9.62. The number of benzene rings is 1. The van der Waals surface area contributed by atoms with Crippen LogP contribution in [0.25, 0.3) is 0 Å². The van der Waals surface area contributed by atoms with E-state index in [0.29, 0.717) is 39.0 Å². The summed E-state index contributed by atoms with van der Waals surface area (Å²) < 4.78 is 26.5. The number of alkyl halides is 2. The third kappa shape index (κ3) is 5.73. The molecule has 148 valence electrons. The summed E-state index contributed by atoms with van der Waals surface area (Å²) in [6.07, 6.45) is 0.883. The normalized spacial score (nSPS) is 21.0. The van der Waals surface area contributed by atoms with Crippen molar-refractivity contribution in [1.82, 2.24) is 15.1 Å². The largest absolute Gasteiger partial charge is 0.351 e. The average molecular weight is 379 g/mol. The van der Waals surface area contributed by atoms with E-state index in [4.69, 9.17) is 0 Å². The topological polar surface area (TPSA) is 52.7 Å². The van der Waals surface area contributed by atoms with E-state index in [0.717, 1.165) is 5.56 Å². The van der Waals surface area contributed by atoms with Gasteiger partial charge in [-0.05, 0) is 31.5 Å². The monoisotopic (exact) mass is 379 g/mol. The van der Waals surface area contributed by atoms with Crippen molar-refractivity contribution in [1.29, 1.82) is 0 Å². The SMILES string of the molecule is O=C(CN1CCC(C(=O)N2CCC(F)(F)CC2)CC1)NCc1ccccc1. The number of hydrogen-bond acceptors (Lipinski definition) is 3. The van der Waals surface area contributed by atoms with Gasteiger partial charge in [0, 0.05) is 38.4 Å². The Balaban J connectivity index is 1.37. The first kappa shape index (κ1) is 19.7. The molecule has 0 aromatic heterocycles. The van der Waals surface area contributed by atoms with Crippen molar-refractivity contribution in [2.45, 2.75) is 38.2 Å². The number of likely N-dealkylation sites (tertiary alicyclic amines) is 2. The third-order valence-electron chi connectivity index (χ3n) is 5.44. The molecule has 2 aliphatic heterocycles. The summed E-state index contributed by atoms with van der Waals surface area (Å²) in [5.74, 6) is -2.77. The molecule has 0 radical (unpaired) electrons. The van der Waals surface area contributed by atoms with Gasteiger partial charge in [-0.1, -0.05) is 30.3 Å². The summed E-state index contributed by atoms with van der Waals surface area (Å²) in [6, 6.07) is 9.74. The summed E-state index contributed by atoms with van der Waals surface area (Å²) in [7, 11) is 0. The van der Waals surface area contributed by atoms with Gasteiger partial charge in [-0.15, -0.1) is 0 Å². The molecule has 2 aliphatic rings. The molecule has 0 bridgehead atoms. The highest BCUT2D eigenvalue weighted by Crippen LogP contribution is 2.29.